The van der Waals surface area contributed by atoms with E-state index in [-0.39, 0.29) is 36.9 Å². The number of aliphatic hydroxyl groups excluding tert-OH is 2. The lowest BCUT2D eigenvalue weighted by Crippen LogP contribution is -2.36. The van der Waals surface area contributed by atoms with Gasteiger partial charge in [-0.25, -0.2) is 0 Å². The number of carboxylic acid groups (broad SMARTS) is 15. The maximum atomic E-state index is 10.4. The first-order valence-corrected chi connectivity index (χ1v) is 40.8. The van der Waals surface area contributed by atoms with Gasteiger partial charge in [0.15, 0.2) is 5.96 Å². The first kappa shape index (κ1) is 146. The molecule has 3 rings (SSSR count). The molecule has 1 heterocycles. The second-order valence-electron chi connectivity index (χ2n) is 30.0. The van der Waals surface area contributed by atoms with Gasteiger partial charge < -0.3 is 190 Å². The average molecular weight is 1900 g/mol. The minimum absolute atomic E-state index is 0.0129. The SMILES string of the molecule is CC(C)C[C@H](N)C(=O)O.CC(C)C[C@H](N)C(=O)O.CC(C)C[C@H](N)C(=O)O.CC(C)C[C@H](N)C(=O)O.CC(C)[C@H](N)C(=O)O.CC[C@H](C)[C@H](N)C(=O)O.NC(N)=NCCC[C@H](N)C(=O)O.NCC(=O)O.NCC(=O)O.NCCCC[C@H](N)C(=O)O.N[C@@H](CO)C(=O)O.N[C@@H](CO)C(=O)O.N[C@@H](Cc1ccccc1)C(=O)O.N[C@@H](Cc1ccccc1)C(=O)O.O=C(O)[C@@H]1CCCN1. The van der Waals surface area contributed by atoms with Crippen LogP contribution in [0.3, 0.4) is 0 Å². The molecule has 131 heavy (non-hydrogen) atoms. The lowest BCUT2D eigenvalue weighted by molar-refractivity contribution is -0.140. The summed E-state index contributed by atoms with van der Waals surface area (Å²) >= 11 is 0. The second-order valence-corrected chi connectivity index (χ2v) is 30.0. The minimum atomic E-state index is -1.18. The number of aliphatic hydroxyl groups is 2. The van der Waals surface area contributed by atoms with Crippen LogP contribution >= 0.6 is 0 Å². The molecule has 1 aliphatic heterocycles. The van der Waals surface area contributed by atoms with Gasteiger partial charge in [0.1, 0.15) is 78.5 Å². The monoisotopic (exact) mass is 1900 g/mol. The Kier molecular flexibility index (Phi) is 104. The first-order valence-electron chi connectivity index (χ1n) is 40.8. The number of nitrogens with zero attached hydrogens (tertiary/aromatic N) is 1. The van der Waals surface area contributed by atoms with E-state index < -0.39 is 175 Å². The topological polar surface area (TPSA) is 1070 Å². The number of hydrogen-bond donors (Lipinski definition) is 35. The maximum Gasteiger partial charge on any atom is 0.322 e. The Balaban J connectivity index is -0.000000116. The third kappa shape index (κ3) is 117. The normalized spacial score (nSPS) is 13.9. The fourth-order valence-electron chi connectivity index (χ4n) is 7.45. The van der Waals surface area contributed by atoms with Gasteiger partial charge in [-0.3, -0.25) is 76.9 Å². The third-order valence-electron chi connectivity index (χ3n) is 15.3. The number of unbranched alkanes of at least 4 members (excludes halogenated alkanes) is 1. The summed E-state index contributed by atoms with van der Waals surface area (Å²) in [5, 5.41) is 142. The average Bonchev–Trinajstić information content (AvgIpc) is 1.29. The summed E-state index contributed by atoms with van der Waals surface area (Å²) in [5.41, 5.74) is 88.3. The first-order chi connectivity index (χ1) is 60.1. The van der Waals surface area contributed by atoms with Crippen molar-refractivity contribution in [2.75, 3.05) is 45.9 Å². The van der Waals surface area contributed by atoms with E-state index in [1.807, 2.05) is 130 Å². The number of hydrogen-bond acceptors (Lipinski definition) is 34. The van der Waals surface area contributed by atoms with Crippen LogP contribution in [-0.4, -0.2) is 307 Å². The molecule has 2 aromatic rings. The van der Waals surface area contributed by atoms with Crippen LogP contribution in [0.4, 0.5) is 0 Å². The van der Waals surface area contributed by atoms with Crippen LogP contribution in [0.2, 0.25) is 0 Å². The van der Waals surface area contributed by atoms with Gasteiger partial charge in [0, 0.05) is 6.54 Å². The van der Waals surface area contributed by atoms with Crippen LogP contribution in [-0.2, 0) is 84.8 Å². The lowest BCUT2D eigenvalue weighted by Gasteiger charge is -2.11. The molecule has 51 nitrogen and oxygen atoms in total. The Labute approximate surface area is 764 Å². The zero-order valence-electron chi connectivity index (χ0n) is 77.1. The Bertz CT molecular complexity index is 3150. The van der Waals surface area contributed by atoms with Crippen molar-refractivity contribution in [1.82, 2.24) is 5.32 Å². The van der Waals surface area contributed by atoms with E-state index in [9.17, 15) is 71.9 Å². The quantitative estimate of drug-likeness (QED) is 0.0173. The van der Waals surface area contributed by atoms with Crippen molar-refractivity contribution in [1.29, 1.82) is 0 Å². The van der Waals surface area contributed by atoms with Gasteiger partial charge in [-0.05, 0) is 137 Å². The van der Waals surface area contributed by atoms with Crippen LogP contribution < -0.4 is 103 Å². The Morgan fingerprint density at radius 1 is 0.366 bits per heavy atom. The van der Waals surface area contributed by atoms with Crippen molar-refractivity contribution in [3.05, 3.63) is 71.8 Å². The Morgan fingerprint density at radius 2 is 0.626 bits per heavy atom. The van der Waals surface area contributed by atoms with Crippen molar-refractivity contribution < 1.29 is 159 Å². The largest absolute Gasteiger partial charge is 0.480 e. The van der Waals surface area contributed by atoms with Crippen molar-refractivity contribution >= 4 is 95.5 Å². The molecule has 0 aromatic heterocycles. The van der Waals surface area contributed by atoms with E-state index in [2.05, 4.69) is 21.8 Å². The highest BCUT2D eigenvalue weighted by Crippen LogP contribution is 2.09. The zero-order valence-corrected chi connectivity index (χ0v) is 77.1. The van der Waals surface area contributed by atoms with Gasteiger partial charge >= 0.3 is 89.5 Å². The molecular weight excluding hydrogens is 1740 g/mol. The van der Waals surface area contributed by atoms with E-state index in [4.69, 9.17) is 173 Å². The Morgan fingerprint density at radius 3 is 0.763 bits per heavy atom. The van der Waals surface area contributed by atoms with E-state index in [1.165, 1.54) is 0 Å². The summed E-state index contributed by atoms with van der Waals surface area (Å²) in [5.74, 6) is -12.8. The molecule has 14 atom stereocenters. The van der Waals surface area contributed by atoms with E-state index in [0.29, 0.717) is 94.5 Å². The molecule has 2 aromatic carbocycles. The molecule has 0 unspecified atom stereocenters. The fraction of sp³-hybridized carbons (Fsp3) is 0.650. The molecule has 0 radical (unpaired) electrons. The summed E-state index contributed by atoms with van der Waals surface area (Å²) in [6, 6.07) is 8.86. The predicted molar refractivity (Wildman–Crippen MR) is 489 cm³/mol. The van der Waals surface area contributed by atoms with Crippen molar-refractivity contribution in [3.63, 3.8) is 0 Å². The Hall–Kier alpha value is -11.0. The number of guanidine groups is 1. The summed E-state index contributed by atoms with van der Waals surface area (Å²) in [6.07, 6.45) is 8.69. The standard InChI is InChI=1S/2C9H11NO2.C6H14N4O2.C6H14N2O2.5C6H13NO2.C5H9NO2.C5H11NO2.2C3H7NO3.2C2H5NO2/c2*10-8(9(11)12)6-7-4-2-1-3-5-7;7-4(5(11)12)2-1-3-10-6(8)9;7-4-2-1-3-5(8)6(9)10;4*1-4(2)3-5(7)6(8)9;1-3-4(2)5(7)6(8)9;7-5(8)4-2-1-3-6-4;1-3(2)4(6)5(7)8;2*4-2(1-5)3(6)7;2*3-1-2(4)5/h2*1-5,8H,6,10H2,(H,11,12);4H,1-3,7H2,(H,11,12)(H4,8,9,10);5H,1-4,7-8H2,(H,9,10);5*4-5H,3,7H2,1-2H3,(H,8,9);4,6H,1-3H2,(H,7,8);3-4H,6H2,1-2H3,(H,7,8);2*2,5H,1,4H2,(H,6,7);2*1,3H2,(H,4,5)/t2*8-;4-;5*5-;4-,5-;2*4-;2*2-;;/m0000000000000../s1. The van der Waals surface area contributed by atoms with Crippen molar-refractivity contribution in [2.24, 2.45) is 138 Å². The maximum absolute atomic E-state index is 10.4. The van der Waals surface area contributed by atoms with Crippen LogP contribution in [0.1, 0.15) is 171 Å². The van der Waals surface area contributed by atoms with Crippen LogP contribution in [0.15, 0.2) is 65.7 Å². The number of aliphatic imine (C=N–C) groups is 1. The van der Waals surface area contributed by atoms with Crippen LogP contribution in [0.25, 0.3) is 0 Å². The smallest absolute Gasteiger partial charge is 0.322 e. The molecule has 0 amide bonds. The van der Waals surface area contributed by atoms with Gasteiger partial charge in [0.25, 0.3) is 0 Å². The van der Waals surface area contributed by atoms with Gasteiger partial charge in [0.2, 0.25) is 0 Å². The van der Waals surface area contributed by atoms with Crippen molar-refractivity contribution in [2.45, 2.75) is 252 Å². The van der Waals surface area contributed by atoms with Gasteiger partial charge in [0.05, 0.1) is 26.3 Å². The van der Waals surface area contributed by atoms with E-state index in [1.54, 1.807) is 13.8 Å². The number of benzene rings is 2. The number of nitrogens with two attached hydrogens (primary N) is 17. The van der Waals surface area contributed by atoms with Crippen LogP contribution in [0.5, 0.6) is 0 Å². The van der Waals surface area contributed by atoms with Gasteiger partial charge in [-0.1, -0.05) is 157 Å². The fourth-order valence-corrected chi connectivity index (χ4v) is 7.45. The molecule has 51 heteroatoms. The third-order valence-corrected chi connectivity index (χ3v) is 15.3. The molecule has 0 saturated carbocycles. The van der Waals surface area contributed by atoms with Gasteiger partial charge in [-0.2, -0.15) is 0 Å². The molecule has 1 saturated heterocycles. The molecule has 52 N–H and O–H groups in total. The number of aliphatic carboxylic acids is 15. The molecule has 766 valence electrons. The highest BCUT2D eigenvalue weighted by atomic mass is 16.4. The molecule has 0 spiro atoms. The highest BCUT2D eigenvalue weighted by Gasteiger charge is 2.22. The minimum Gasteiger partial charge on any atom is -0.480 e. The second kappa shape index (κ2) is 93.7. The van der Waals surface area contributed by atoms with Gasteiger partial charge in [-0.15, -0.1) is 0 Å². The summed E-state index contributed by atoms with van der Waals surface area (Å²) < 4.78 is 0. The zero-order chi connectivity index (χ0) is 106. The van der Waals surface area contributed by atoms with Crippen LogP contribution in [0, 0.1) is 35.5 Å². The summed E-state index contributed by atoms with van der Waals surface area (Å²) in [4.78, 5) is 153. The number of carboxylic acids is 15. The van der Waals surface area contributed by atoms with E-state index >= 15 is 0 Å². The van der Waals surface area contributed by atoms with Crippen molar-refractivity contribution in [3.8, 4) is 0 Å². The molecular formula is C80H159N19O32. The number of nitrogens with one attached hydrogen (secondary N) is 1. The molecule has 1 aliphatic rings. The summed E-state index contributed by atoms with van der Waals surface area (Å²) in [6.45, 7) is 23.2. The number of rotatable bonds is 40. The molecule has 0 aliphatic carbocycles. The number of carbonyl (C=O) groups is 15. The molecule has 1 fully saturated rings. The van der Waals surface area contributed by atoms with E-state index in [0.717, 1.165) is 49.8 Å². The predicted octanol–water partition coefficient (Wildman–Crippen LogP) is -3.80. The highest BCUT2D eigenvalue weighted by molar-refractivity contribution is 5.78. The lowest BCUT2D eigenvalue weighted by atomic mass is 10.0. The summed E-state index contributed by atoms with van der Waals surface area (Å²) in [7, 11) is 0. The molecule has 0 bridgehead atoms.